The van der Waals surface area contributed by atoms with E-state index in [1.165, 1.54) is 0 Å². The Balaban J connectivity index is 2.01. The van der Waals surface area contributed by atoms with Gasteiger partial charge >= 0.3 is 11.9 Å². The van der Waals surface area contributed by atoms with Crippen molar-refractivity contribution < 1.29 is 24.2 Å². The quantitative estimate of drug-likeness (QED) is 0.783. The Kier molecular flexibility index (Phi) is 4.20. The highest BCUT2D eigenvalue weighted by Gasteiger charge is 2.39. The number of anilines is 1. The van der Waals surface area contributed by atoms with E-state index in [4.69, 9.17) is 5.11 Å². The van der Waals surface area contributed by atoms with Gasteiger partial charge in [-0.25, -0.2) is 9.18 Å². The topological polar surface area (TPSA) is 86.6 Å². The molecule has 0 amide bonds. The first-order chi connectivity index (χ1) is 11.5. The fourth-order valence-corrected chi connectivity index (χ4v) is 3.16. The van der Waals surface area contributed by atoms with Crippen molar-refractivity contribution in [3.05, 3.63) is 53.8 Å². The minimum Gasteiger partial charge on any atom is -0.481 e. The third-order valence-electron chi connectivity index (χ3n) is 4.30. The lowest BCUT2D eigenvalue weighted by atomic mass is 9.89. The Bertz CT molecular complexity index is 791. The molecule has 24 heavy (non-hydrogen) atoms. The van der Waals surface area contributed by atoms with Gasteiger partial charge < -0.3 is 15.5 Å². The number of fused-ring (bicyclic) bond motifs is 1. The summed E-state index contributed by atoms with van der Waals surface area (Å²) < 4.78 is 14.9. The van der Waals surface area contributed by atoms with E-state index in [1.54, 1.807) is 36.4 Å². The minimum atomic E-state index is -1.12. The van der Waals surface area contributed by atoms with Crippen molar-refractivity contribution >= 4 is 17.6 Å². The van der Waals surface area contributed by atoms with Crippen molar-refractivity contribution in [2.45, 2.75) is 24.8 Å². The smallest absolute Gasteiger partial charge is 0.326 e. The molecule has 2 unspecified atom stereocenters. The molecule has 6 heteroatoms. The van der Waals surface area contributed by atoms with Gasteiger partial charge in [-0.1, -0.05) is 42.5 Å². The van der Waals surface area contributed by atoms with E-state index in [0.717, 1.165) is 0 Å². The number of aliphatic carboxylic acids is 2. The van der Waals surface area contributed by atoms with Crippen LogP contribution in [-0.2, 0) is 9.59 Å². The van der Waals surface area contributed by atoms with Crippen molar-refractivity contribution in [1.29, 1.82) is 0 Å². The highest BCUT2D eigenvalue weighted by Crippen LogP contribution is 2.43. The summed E-state index contributed by atoms with van der Waals surface area (Å²) in [6, 6.07) is 11.2. The van der Waals surface area contributed by atoms with Crippen LogP contribution in [0.5, 0.6) is 0 Å². The molecule has 1 aliphatic heterocycles. The van der Waals surface area contributed by atoms with Crippen molar-refractivity contribution in [2.24, 2.45) is 0 Å². The molecule has 1 aliphatic rings. The maximum atomic E-state index is 14.9. The molecule has 0 spiro atoms. The number of hydrogen-bond donors (Lipinski definition) is 3. The van der Waals surface area contributed by atoms with Crippen molar-refractivity contribution in [1.82, 2.24) is 0 Å². The lowest BCUT2D eigenvalue weighted by Gasteiger charge is -2.15. The lowest BCUT2D eigenvalue weighted by Crippen LogP contribution is -2.30. The first-order valence-electron chi connectivity index (χ1n) is 7.58. The molecule has 2 aromatic carbocycles. The number of rotatable bonds is 5. The van der Waals surface area contributed by atoms with Crippen LogP contribution < -0.4 is 5.32 Å². The van der Waals surface area contributed by atoms with Crippen LogP contribution >= 0.6 is 0 Å². The molecular weight excluding hydrogens is 313 g/mol. The van der Waals surface area contributed by atoms with Crippen LogP contribution in [0.4, 0.5) is 10.1 Å². The predicted octanol–water partition coefficient (Wildman–Crippen LogP) is 3.32. The summed E-state index contributed by atoms with van der Waals surface area (Å²) in [6.45, 7) is 0. The number of carboxylic acid groups (broad SMARTS) is 2. The maximum Gasteiger partial charge on any atom is 0.326 e. The molecule has 0 aromatic heterocycles. The van der Waals surface area contributed by atoms with Crippen LogP contribution in [0, 0.1) is 5.82 Å². The van der Waals surface area contributed by atoms with E-state index >= 15 is 0 Å². The highest BCUT2D eigenvalue weighted by atomic mass is 19.1. The number of benzene rings is 2. The van der Waals surface area contributed by atoms with E-state index in [-0.39, 0.29) is 18.5 Å². The molecule has 0 bridgehead atoms. The number of carbonyl (C=O) groups is 2. The SMILES string of the molecule is O=C(O)CCC1c2ccc(-c3ccccc3)c(F)c2NC1C(=O)O. The van der Waals surface area contributed by atoms with Crippen LogP contribution in [0.1, 0.15) is 24.3 Å². The lowest BCUT2D eigenvalue weighted by molar-refractivity contribution is -0.140. The Hall–Kier alpha value is -2.89. The summed E-state index contributed by atoms with van der Waals surface area (Å²) in [7, 11) is 0. The molecule has 0 saturated heterocycles. The summed E-state index contributed by atoms with van der Waals surface area (Å²) in [4.78, 5) is 22.3. The Morgan fingerprint density at radius 3 is 2.42 bits per heavy atom. The third kappa shape index (κ3) is 2.82. The fourth-order valence-electron chi connectivity index (χ4n) is 3.16. The summed E-state index contributed by atoms with van der Waals surface area (Å²) in [5, 5.41) is 20.9. The van der Waals surface area contributed by atoms with E-state index in [9.17, 15) is 19.1 Å². The monoisotopic (exact) mass is 329 g/mol. The maximum absolute atomic E-state index is 14.9. The second kappa shape index (κ2) is 6.31. The highest BCUT2D eigenvalue weighted by molar-refractivity contribution is 5.85. The van der Waals surface area contributed by atoms with Crippen LogP contribution in [-0.4, -0.2) is 28.2 Å². The van der Waals surface area contributed by atoms with Gasteiger partial charge in [-0.3, -0.25) is 4.79 Å². The van der Waals surface area contributed by atoms with E-state index < -0.39 is 29.7 Å². The number of halogens is 1. The molecular formula is C18H16FNO4. The van der Waals surface area contributed by atoms with Gasteiger partial charge in [0.05, 0.1) is 5.69 Å². The van der Waals surface area contributed by atoms with Crippen molar-refractivity contribution in [3.8, 4) is 11.1 Å². The van der Waals surface area contributed by atoms with Gasteiger partial charge in [0.1, 0.15) is 6.04 Å². The molecule has 0 fully saturated rings. The molecule has 3 rings (SSSR count). The Morgan fingerprint density at radius 2 is 1.79 bits per heavy atom. The summed E-state index contributed by atoms with van der Waals surface area (Å²) in [5.41, 5.74) is 1.74. The van der Waals surface area contributed by atoms with Gasteiger partial charge in [-0.05, 0) is 17.5 Å². The van der Waals surface area contributed by atoms with Crippen molar-refractivity contribution in [3.63, 3.8) is 0 Å². The molecule has 2 atom stereocenters. The standard InChI is InChI=1S/C18H16FNO4/c19-15-11(10-4-2-1-3-5-10)6-7-12-13(8-9-14(21)22)17(18(23)24)20-16(12)15/h1-7,13,17,20H,8-9H2,(H,21,22)(H,23,24). The Labute approximate surface area is 137 Å². The number of nitrogens with one attached hydrogen (secondary N) is 1. The summed E-state index contributed by atoms with van der Waals surface area (Å²) >= 11 is 0. The molecule has 5 nitrogen and oxygen atoms in total. The second-order valence-electron chi connectivity index (χ2n) is 5.76. The minimum absolute atomic E-state index is 0.135. The van der Waals surface area contributed by atoms with E-state index in [0.29, 0.717) is 16.7 Å². The normalized spacial score (nSPS) is 18.7. The largest absolute Gasteiger partial charge is 0.481 e. The van der Waals surface area contributed by atoms with Gasteiger partial charge in [0.25, 0.3) is 0 Å². The van der Waals surface area contributed by atoms with Gasteiger partial charge in [-0.2, -0.15) is 0 Å². The average molecular weight is 329 g/mol. The first-order valence-corrected chi connectivity index (χ1v) is 7.58. The molecule has 0 saturated carbocycles. The van der Waals surface area contributed by atoms with Gasteiger partial charge in [0.15, 0.2) is 5.82 Å². The molecule has 2 aromatic rings. The number of carboxylic acids is 2. The fraction of sp³-hybridized carbons (Fsp3) is 0.222. The molecule has 1 heterocycles. The van der Waals surface area contributed by atoms with Gasteiger partial charge in [0, 0.05) is 17.9 Å². The third-order valence-corrected chi connectivity index (χ3v) is 4.30. The summed E-state index contributed by atoms with van der Waals surface area (Å²) in [6.07, 6.45) is -0.0337. The van der Waals surface area contributed by atoms with E-state index in [2.05, 4.69) is 5.32 Å². The molecule has 0 aliphatic carbocycles. The van der Waals surface area contributed by atoms with Crippen LogP contribution in [0.2, 0.25) is 0 Å². The first kappa shape index (κ1) is 16.0. The van der Waals surface area contributed by atoms with Crippen molar-refractivity contribution in [2.75, 3.05) is 5.32 Å². The Morgan fingerprint density at radius 1 is 1.08 bits per heavy atom. The molecule has 124 valence electrons. The zero-order valence-corrected chi connectivity index (χ0v) is 12.7. The zero-order chi connectivity index (χ0) is 17.3. The van der Waals surface area contributed by atoms with E-state index in [1.807, 2.05) is 6.07 Å². The van der Waals surface area contributed by atoms with Crippen LogP contribution in [0.25, 0.3) is 11.1 Å². The van der Waals surface area contributed by atoms with Gasteiger partial charge in [0.2, 0.25) is 0 Å². The van der Waals surface area contributed by atoms with Crippen LogP contribution in [0.15, 0.2) is 42.5 Å². The number of hydrogen-bond acceptors (Lipinski definition) is 3. The second-order valence-corrected chi connectivity index (χ2v) is 5.76. The predicted molar refractivity (Wildman–Crippen MR) is 86.5 cm³/mol. The van der Waals surface area contributed by atoms with Crippen LogP contribution in [0.3, 0.4) is 0 Å². The summed E-state index contributed by atoms with van der Waals surface area (Å²) in [5.74, 6) is -3.22. The zero-order valence-electron chi connectivity index (χ0n) is 12.7. The van der Waals surface area contributed by atoms with Gasteiger partial charge in [-0.15, -0.1) is 0 Å². The molecule has 3 N–H and O–H groups in total. The average Bonchev–Trinajstić information content (AvgIpc) is 2.94. The molecule has 0 radical (unpaired) electrons.